The average molecular weight is 306 g/mol. The van der Waals surface area contributed by atoms with E-state index in [2.05, 4.69) is 6.58 Å². The van der Waals surface area contributed by atoms with Gasteiger partial charge in [0, 0.05) is 0 Å². The Kier molecular flexibility index (Phi) is 6.24. The van der Waals surface area contributed by atoms with Crippen molar-refractivity contribution >= 4 is 11.9 Å². The number of carbonyl (C=O) groups is 2. The number of rotatable bonds is 6. The highest BCUT2D eigenvalue weighted by molar-refractivity contribution is 5.80. The number of aliphatic carboxylic acids is 1. The van der Waals surface area contributed by atoms with E-state index in [1.165, 1.54) is 0 Å². The molecule has 9 nitrogen and oxygen atoms in total. The van der Waals surface area contributed by atoms with Crippen LogP contribution < -0.4 is 0 Å². The number of carboxylic acids is 1. The Morgan fingerprint density at radius 1 is 1.24 bits per heavy atom. The lowest BCUT2D eigenvalue weighted by molar-refractivity contribution is -0.293. The summed E-state index contributed by atoms with van der Waals surface area (Å²) in [5.74, 6) is -3.42. The van der Waals surface area contributed by atoms with Crippen LogP contribution in [0.3, 0.4) is 0 Å². The summed E-state index contributed by atoms with van der Waals surface area (Å²) >= 11 is 0. The molecule has 0 radical (unpaired) electrons. The molecule has 5 N–H and O–H groups in total. The molecule has 1 fully saturated rings. The van der Waals surface area contributed by atoms with Gasteiger partial charge in [0.05, 0.1) is 18.9 Å². The predicted octanol–water partition coefficient (Wildman–Crippen LogP) is -2.39. The van der Waals surface area contributed by atoms with Crippen molar-refractivity contribution in [1.82, 2.24) is 0 Å². The van der Waals surface area contributed by atoms with Gasteiger partial charge in [0.2, 0.25) is 6.29 Å². The van der Waals surface area contributed by atoms with E-state index in [1.54, 1.807) is 0 Å². The maximum Gasteiger partial charge on any atom is 0.315 e. The van der Waals surface area contributed by atoms with Crippen LogP contribution in [0.25, 0.3) is 0 Å². The van der Waals surface area contributed by atoms with Crippen molar-refractivity contribution < 1.29 is 44.6 Å². The van der Waals surface area contributed by atoms with Gasteiger partial charge in [0.1, 0.15) is 24.4 Å². The maximum absolute atomic E-state index is 11.8. The third kappa shape index (κ3) is 4.22. The summed E-state index contributed by atoms with van der Waals surface area (Å²) in [6, 6.07) is 0. The van der Waals surface area contributed by atoms with E-state index in [0.29, 0.717) is 0 Å². The fourth-order valence-electron chi connectivity index (χ4n) is 1.82. The Labute approximate surface area is 120 Å². The average Bonchev–Trinajstić information content (AvgIpc) is 2.44. The lowest BCUT2D eigenvalue weighted by Gasteiger charge is -2.39. The van der Waals surface area contributed by atoms with Crippen LogP contribution in [0.1, 0.15) is 6.42 Å². The Hall–Kier alpha value is -1.52. The second kappa shape index (κ2) is 7.48. The van der Waals surface area contributed by atoms with Gasteiger partial charge >= 0.3 is 11.9 Å². The molecular weight excluding hydrogens is 288 g/mol. The smallest absolute Gasteiger partial charge is 0.315 e. The lowest BCUT2D eigenvalue weighted by atomic mass is 9.99. The van der Waals surface area contributed by atoms with Gasteiger partial charge in [-0.2, -0.15) is 0 Å². The monoisotopic (exact) mass is 306 g/mol. The number of carboxylic acid groups (broad SMARTS) is 1. The van der Waals surface area contributed by atoms with Crippen molar-refractivity contribution in [2.75, 3.05) is 6.61 Å². The van der Waals surface area contributed by atoms with Gasteiger partial charge in [-0.15, -0.1) is 6.58 Å². The maximum atomic E-state index is 11.8. The van der Waals surface area contributed by atoms with Crippen LogP contribution in [0, 0.1) is 5.92 Å². The summed E-state index contributed by atoms with van der Waals surface area (Å²) < 4.78 is 9.75. The van der Waals surface area contributed by atoms with Gasteiger partial charge in [-0.25, -0.2) is 0 Å². The third-order valence-electron chi connectivity index (χ3n) is 3.06. The van der Waals surface area contributed by atoms with Crippen LogP contribution in [0.5, 0.6) is 0 Å². The molecule has 0 aromatic carbocycles. The minimum Gasteiger partial charge on any atom is -0.481 e. The van der Waals surface area contributed by atoms with E-state index in [4.69, 9.17) is 19.7 Å². The Morgan fingerprint density at radius 2 is 1.86 bits per heavy atom. The number of aliphatic hydroxyl groups excluding tert-OH is 4. The van der Waals surface area contributed by atoms with Crippen LogP contribution in [0.15, 0.2) is 12.7 Å². The molecule has 0 aromatic rings. The molecule has 120 valence electrons. The molecular formula is C12H18O9. The van der Waals surface area contributed by atoms with Crippen molar-refractivity contribution in [3.63, 3.8) is 0 Å². The molecule has 1 aliphatic heterocycles. The van der Waals surface area contributed by atoms with E-state index in [9.17, 15) is 24.9 Å². The fraction of sp³-hybridized carbons (Fsp3) is 0.667. The summed E-state index contributed by atoms with van der Waals surface area (Å²) in [5.41, 5.74) is 0. The summed E-state index contributed by atoms with van der Waals surface area (Å²) in [7, 11) is 0. The van der Waals surface area contributed by atoms with Crippen LogP contribution in [-0.2, 0) is 19.1 Å². The molecule has 0 spiro atoms. The van der Waals surface area contributed by atoms with E-state index in [0.717, 1.165) is 6.08 Å². The minimum absolute atomic E-state index is 0.556. The third-order valence-corrected chi connectivity index (χ3v) is 3.06. The molecule has 1 heterocycles. The van der Waals surface area contributed by atoms with Crippen molar-refractivity contribution in [3.05, 3.63) is 12.7 Å². The molecule has 1 rings (SSSR count). The Balaban J connectivity index is 2.73. The van der Waals surface area contributed by atoms with Crippen molar-refractivity contribution in [3.8, 4) is 0 Å². The van der Waals surface area contributed by atoms with Crippen LogP contribution in [0.4, 0.5) is 0 Å². The van der Waals surface area contributed by atoms with Crippen molar-refractivity contribution in [1.29, 1.82) is 0 Å². The molecule has 1 saturated heterocycles. The minimum atomic E-state index is -1.73. The predicted molar refractivity (Wildman–Crippen MR) is 65.8 cm³/mol. The fourth-order valence-corrected chi connectivity index (χ4v) is 1.82. The van der Waals surface area contributed by atoms with Crippen LogP contribution in [0.2, 0.25) is 0 Å². The van der Waals surface area contributed by atoms with E-state index in [1.807, 2.05) is 0 Å². The molecule has 2 unspecified atom stereocenters. The van der Waals surface area contributed by atoms with E-state index >= 15 is 0 Å². The SMILES string of the molecule is C=CC(CC(=O)O)C(=O)OC1O[C@H](CO)[C@@H](O)[C@H](O)[C@H]1O. The number of ether oxygens (including phenoxy) is 2. The first-order valence-corrected chi connectivity index (χ1v) is 6.17. The molecule has 0 aromatic heterocycles. The summed E-state index contributed by atoms with van der Waals surface area (Å²) in [6.45, 7) is 2.64. The summed E-state index contributed by atoms with van der Waals surface area (Å²) in [5, 5.41) is 46.4. The first kappa shape index (κ1) is 17.5. The van der Waals surface area contributed by atoms with Gasteiger partial charge in [-0.05, 0) is 0 Å². The molecule has 0 aliphatic carbocycles. The van der Waals surface area contributed by atoms with Crippen LogP contribution >= 0.6 is 0 Å². The highest BCUT2D eigenvalue weighted by Gasteiger charge is 2.45. The van der Waals surface area contributed by atoms with E-state index < -0.39 is 61.6 Å². The molecule has 21 heavy (non-hydrogen) atoms. The molecule has 9 heteroatoms. The van der Waals surface area contributed by atoms with Gasteiger partial charge in [-0.3, -0.25) is 9.59 Å². The Morgan fingerprint density at radius 3 is 2.33 bits per heavy atom. The molecule has 1 aliphatic rings. The number of hydrogen-bond donors (Lipinski definition) is 5. The molecule has 6 atom stereocenters. The number of carbonyl (C=O) groups excluding carboxylic acids is 1. The van der Waals surface area contributed by atoms with Gasteiger partial charge in [0.25, 0.3) is 0 Å². The number of aliphatic hydroxyl groups is 4. The normalized spacial score (nSPS) is 34.0. The van der Waals surface area contributed by atoms with E-state index in [-0.39, 0.29) is 0 Å². The zero-order chi connectivity index (χ0) is 16.2. The largest absolute Gasteiger partial charge is 0.481 e. The molecule has 0 saturated carbocycles. The first-order chi connectivity index (χ1) is 9.81. The van der Waals surface area contributed by atoms with Crippen molar-refractivity contribution in [2.24, 2.45) is 5.92 Å². The Bertz CT molecular complexity index is 394. The second-order valence-corrected chi connectivity index (χ2v) is 4.57. The number of hydrogen-bond acceptors (Lipinski definition) is 8. The van der Waals surface area contributed by atoms with Crippen LogP contribution in [-0.4, -0.2) is 74.8 Å². The van der Waals surface area contributed by atoms with Crippen molar-refractivity contribution in [2.45, 2.75) is 37.1 Å². The number of esters is 1. The zero-order valence-electron chi connectivity index (χ0n) is 11.0. The molecule has 0 amide bonds. The highest BCUT2D eigenvalue weighted by atomic mass is 16.7. The summed E-state index contributed by atoms with van der Waals surface area (Å²) in [6.07, 6.45) is -7.33. The zero-order valence-corrected chi connectivity index (χ0v) is 11.0. The second-order valence-electron chi connectivity index (χ2n) is 4.57. The summed E-state index contributed by atoms with van der Waals surface area (Å²) in [4.78, 5) is 22.3. The van der Waals surface area contributed by atoms with Gasteiger partial charge < -0.3 is 35.0 Å². The quantitative estimate of drug-likeness (QED) is 0.267. The topological polar surface area (TPSA) is 154 Å². The van der Waals surface area contributed by atoms with Gasteiger partial charge in [0.15, 0.2) is 0 Å². The highest BCUT2D eigenvalue weighted by Crippen LogP contribution is 2.23. The van der Waals surface area contributed by atoms with Gasteiger partial charge in [-0.1, -0.05) is 6.08 Å². The first-order valence-electron chi connectivity index (χ1n) is 6.17. The molecule has 0 bridgehead atoms. The standard InChI is InChI=1S/C12H18O9/c1-2-5(3-7(14)15)11(19)21-12-10(18)9(17)8(16)6(4-13)20-12/h2,5-6,8-10,12-13,16-18H,1,3-4H2,(H,14,15)/t5?,6-,8-,9+,10-,12?/m1/s1. The lowest BCUT2D eigenvalue weighted by Crippen LogP contribution is -2.59.